The molecule has 3 rings (SSSR count). The average molecular weight is 454 g/mol. The van der Waals surface area contributed by atoms with E-state index in [0.29, 0.717) is 18.8 Å². The van der Waals surface area contributed by atoms with Crippen molar-refractivity contribution in [2.24, 2.45) is 0 Å². The molecule has 1 aliphatic heterocycles. The summed E-state index contributed by atoms with van der Waals surface area (Å²) in [7, 11) is 1.28. The average Bonchev–Trinajstić information content (AvgIpc) is 3.08. The number of carbonyl (C=O) groups excluding carboxylic acids is 2. The van der Waals surface area contributed by atoms with E-state index in [1.165, 1.54) is 7.11 Å². The summed E-state index contributed by atoms with van der Waals surface area (Å²) in [6.45, 7) is 8.70. The number of nitrogen functional groups attached to an aromatic ring is 1. The second-order valence-electron chi connectivity index (χ2n) is 9.19. The molecule has 2 heterocycles. The predicted octanol–water partition coefficient (Wildman–Crippen LogP) is 3.84. The van der Waals surface area contributed by atoms with Crippen LogP contribution in [-0.4, -0.2) is 53.4 Å². The van der Waals surface area contributed by atoms with Gasteiger partial charge in [-0.2, -0.15) is 5.26 Å². The fraction of sp³-hybridized carbons (Fsp3) is 0.458. The molecule has 0 unspecified atom stereocenters. The first-order chi connectivity index (χ1) is 15.5. The molecule has 1 aromatic heterocycles. The van der Waals surface area contributed by atoms with Crippen LogP contribution in [0.2, 0.25) is 0 Å². The van der Waals surface area contributed by atoms with Crippen molar-refractivity contribution < 1.29 is 19.1 Å². The van der Waals surface area contributed by atoms with Crippen LogP contribution in [0.1, 0.15) is 55.2 Å². The number of hydrogen-bond acceptors (Lipinski definition) is 7. The molecular formula is C24H31N5O4. The third-order valence-electron chi connectivity index (χ3n) is 5.46. The Labute approximate surface area is 194 Å². The number of nitriles is 1. The zero-order valence-corrected chi connectivity index (χ0v) is 19.8. The Bertz CT molecular complexity index is 1090. The number of carbonyl (C=O) groups is 2. The lowest BCUT2D eigenvalue weighted by molar-refractivity contribution is 0.0210. The number of hydrogen-bond donors (Lipinski definition) is 2. The third-order valence-corrected chi connectivity index (χ3v) is 5.46. The van der Waals surface area contributed by atoms with Gasteiger partial charge in [0.1, 0.15) is 11.7 Å². The van der Waals surface area contributed by atoms with Crippen LogP contribution in [-0.2, 0) is 9.47 Å². The van der Waals surface area contributed by atoms with Gasteiger partial charge in [0.25, 0.3) is 0 Å². The van der Waals surface area contributed by atoms with Crippen molar-refractivity contribution in [3.63, 3.8) is 0 Å². The lowest BCUT2D eigenvalue weighted by atomic mass is 10.0. The first kappa shape index (κ1) is 24.0. The molecule has 1 aliphatic rings. The summed E-state index contributed by atoms with van der Waals surface area (Å²) >= 11 is 0. The summed E-state index contributed by atoms with van der Waals surface area (Å²) in [5, 5.41) is 13.0. The molecule has 0 saturated carbocycles. The van der Waals surface area contributed by atoms with Crippen LogP contribution in [0.4, 0.5) is 16.2 Å². The quantitative estimate of drug-likeness (QED) is 0.674. The Morgan fingerprint density at radius 2 is 1.91 bits per heavy atom. The van der Waals surface area contributed by atoms with Crippen LogP contribution in [0.15, 0.2) is 24.4 Å². The maximum absolute atomic E-state index is 12.4. The van der Waals surface area contributed by atoms with E-state index in [4.69, 9.17) is 15.2 Å². The van der Waals surface area contributed by atoms with Crippen LogP contribution in [0, 0.1) is 18.3 Å². The lowest BCUT2D eigenvalue weighted by Crippen LogP contribution is -2.44. The van der Waals surface area contributed by atoms with Crippen molar-refractivity contribution in [2.45, 2.75) is 52.2 Å². The molecule has 176 valence electrons. The number of aromatic nitrogens is 1. The normalized spacial score (nSPS) is 14.5. The first-order valence-electron chi connectivity index (χ1n) is 10.9. The van der Waals surface area contributed by atoms with Crippen LogP contribution < -0.4 is 11.1 Å². The number of likely N-dealkylation sites (tertiary alicyclic amines) is 1. The summed E-state index contributed by atoms with van der Waals surface area (Å²) in [5.74, 6) is -0.619. The Balaban J connectivity index is 1.84. The molecule has 1 aromatic carbocycles. The van der Waals surface area contributed by atoms with Crippen molar-refractivity contribution in [3.05, 3.63) is 41.2 Å². The minimum atomic E-state index is -0.619. The number of anilines is 2. The molecule has 1 fully saturated rings. The summed E-state index contributed by atoms with van der Waals surface area (Å²) < 4.78 is 12.0. The predicted molar refractivity (Wildman–Crippen MR) is 125 cm³/mol. The van der Waals surface area contributed by atoms with Gasteiger partial charge in [-0.15, -0.1) is 0 Å². The smallest absolute Gasteiger partial charge is 0.410 e. The molecule has 33 heavy (non-hydrogen) atoms. The number of esters is 1. The van der Waals surface area contributed by atoms with Crippen molar-refractivity contribution in [1.29, 1.82) is 5.26 Å². The number of ether oxygens (including phenoxy) is 2. The van der Waals surface area contributed by atoms with Gasteiger partial charge in [0.05, 0.1) is 29.7 Å². The second kappa shape index (κ2) is 9.45. The van der Waals surface area contributed by atoms with Gasteiger partial charge < -0.3 is 30.0 Å². The van der Waals surface area contributed by atoms with E-state index in [2.05, 4.69) is 5.32 Å². The molecule has 0 aliphatic carbocycles. The van der Waals surface area contributed by atoms with Gasteiger partial charge in [-0.25, -0.2) is 9.59 Å². The van der Waals surface area contributed by atoms with Crippen molar-refractivity contribution in [1.82, 2.24) is 9.47 Å². The SMILES string of the molecule is COC(=O)c1c(N)c(C#N)cn1-c1ccc(C)cc1NC1CCN(C(=O)OC(C)(C)C)CC1. The van der Waals surface area contributed by atoms with E-state index in [9.17, 15) is 14.9 Å². The van der Waals surface area contributed by atoms with E-state index >= 15 is 0 Å². The summed E-state index contributed by atoms with van der Waals surface area (Å²) in [6, 6.07) is 7.93. The highest BCUT2D eigenvalue weighted by Crippen LogP contribution is 2.31. The Kier molecular flexibility index (Phi) is 6.86. The van der Waals surface area contributed by atoms with Crippen molar-refractivity contribution in [3.8, 4) is 11.8 Å². The molecule has 0 radical (unpaired) electrons. The fourth-order valence-corrected chi connectivity index (χ4v) is 3.83. The van der Waals surface area contributed by atoms with Crippen molar-refractivity contribution >= 4 is 23.4 Å². The summed E-state index contributed by atoms with van der Waals surface area (Å²) in [5.41, 5.74) is 8.46. The highest BCUT2D eigenvalue weighted by Gasteiger charge is 2.28. The third kappa shape index (κ3) is 5.40. The molecule has 9 heteroatoms. The summed E-state index contributed by atoms with van der Waals surface area (Å²) in [4.78, 5) is 26.5. The van der Waals surface area contributed by atoms with Crippen LogP contribution >= 0.6 is 0 Å². The topological polar surface area (TPSA) is 123 Å². The van der Waals surface area contributed by atoms with Crippen LogP contribution in [0.25, 0.3) is 5.69 Å². The maximum atomic E-state index is 12.4. The van der Waals surface area contributed by atoms with E-state index in [0.717, 1.165) is 24.1 Å². The Morgan fingerprint density at radius 3 is 2.48 bits per heavy atom. The van der Waals surface area contributed by atoms with Crippen molar-refractivity contribution in [2.75, 3.05) is 31.2 Å². The molecule has 3 N–H and O–H groups in total. The fourth-order valence-electron chi connectivity index (χ4n) is 3.83. The van der Waals surface area contributed by atoms with Crippen LogP contribution in [0.5, 0.6) is 0 Å². The lowest BCUT2D eigenvalue weighted by Gasteiger charge is -2.34. The molecule has 0 atom stereocenters. The molecule has 0 spiro atoms. The number of amides is 1. The van der Waals surface area contributed by atoms with E-state index < -0.39 is 11.6 Å². The highest BCUT2D eigenvalue weighted by atomic mass is 16.6. The largest absolute Gasteiger partial charge is 0.464 e. The van der Waals surface area contributed by atoms with E-state index in [1.54, 1.807) is 15.7 Å². The van der Waals surface area contributed by atoms with Gasteiger partial charge in [0.15, 0.2) is 5.69 Å². The molecule has 1 saturated heterocycles. The van der Waals surface area contributed by atoms with Gasteiger partial charge in [0.2, 0.25) is 0 Å². The Hall–Kier alpha value is -3.67. The number of rotatable bonds is 4. The monoisotopic (exact) mass is 453 g/mol. The molecule has 0 bridgehead atoms. The zero-order chi connectivity index (χ0) is 24.3. The highest BCUT2D eigenvalue weighted by molar-refractivity contribution is 5.96. The molecule has 2 aromatic rings. The number of nitrogens with one attached hydrogen (secondary N) is 1. The van der Waals surface area contributed by atoms with E-state index in [-0.39, 0.29) is 29.1 Å². The van der Waals surface area contributed by atoms with E-state index in [1.807, 2.05) is 52.0 Å². The van der Waals surface area contributed by atoms with Crippen LogP contribution in [0.3, 0.4) is 0 Å². The van der Waals surface area contributed by atoms with Gasteiger partial charge in [-0.05, 0) is 58.2 Å². The molecule has 9 nitrogen and oxygen atoms in total. The first-order valence-corrected chi connectivity index (χ1v) is 10.9. The number of aryl methyl sites for hydroxylation is 1. The number of nitrogens with two attached hydrogens (primary N) is 1. The van der Waals surface area contributed by atoms with Gasteiger partial charge in [-0.3, -0.25) is 0 Å². The molecule has 1 amide bonds. The molecular weight excluding hydrogens is 422 g/mol. The zero-order valence-electron chi connectivity index (χ0n) is 19.8. The number of benzene rings is 1. The number of methoxy groups -OCH3 is 1. The van der Waals surface area contributed by atoms with Gasteiger partial charge >= 0.3 is 12.1 Å². The minimum absolute atomic E-state index is 0.0848. The maximum Gasteiger partial charge on any atom is 0.410 e. The van der Waals surface area contributed by atoms with Gasteiger partial charge in [-0.1, -0.05) is 6.07 Å². The number of piperidine rings is 1. The standard InChI is InChI=1S/C24H31N5O4/c1-15-6-7-19(29-14-16(13-25)20(26)21(29)22(30)32-5)18(12-15)27-17-8-10-28(11-9-17)23(31)33-24(2,3)4/h6-7,12,14,17,27H,8-11,26H2,1-5H3. The van der Waals surface area contributed by atoms with Gasteiger partial charge in [0, 0.05) is 25.3 Å². The second-order valence-corrected chi connectivity index (χ2v) is 9.19. The Morgan fingerprint density at radius 1 is 1.24 bits per heavy atom. The minimum Gasteiger partial charge on any atom is -0.464 e. The number of nitrogens with zero attached hydrogens (tertiary/aromatic N) is 3. The summed E-state index contributed by atoms with van der Waals surface area (Å²) in [6.07, 6.45) is 2.73.